The molecule has 0 N–H and O–H groups in total. The number of benzene rings is 7. The summed E-state index contributed by atoms with van der Waals surface area (Å²) in [5.74, 6) is 0. The number of hydrogen-bond acceptors (Lipinski definition) is 0. The first-order valence-electron chi connectivity index (χ1n) is 16.5. The summed E-state index contributed by atoms with van der Waals surface area (Å²) in [5, 5.41) is 5.08. The standard InChI is InChI=1S/C45H32N2/c1-45(2)38-19-9-6-15-32(38)36-27-37-34-17-8-11-21-41(34)47(43(37)28-39(36)45)42-22-12-18-35-33-16-7-10-20-40(33)46(44(35)42)31-25-23-30(24-26-31)29-13-4-3-5-14-29/h3-28H,1-2H3. The number of rotatable bonds is 3. The van der Waals surface area contributed by atoms with E-state index in [9.17, 15) is 0 Å². The van der Waals surface area contributed by atoms with Crippen molar-refractivity contribution in [2.45, 2.75) is 19.3 Å². The Kier molecular flexibility index (Phi) is 5.37. The summed E-state index contributed by atoms with van der Waals surface area (Å²) in [6.07, 6.45) is 0. The highest BCUT2D eigenvalue weighted by atomic mass is 15.1. The van der Waals surface area contributed by atoms with Gasteiger partial charge in [0.05, 0.1) is 27.8 Å². The summed E-state index contributed by atoms with van der Waals surface area (Å²) < 4.78 is 4.97. The second kappa shape index (κ2) is 9.57. The number of fused-ring (bicyclic) bond motifs is 9. The monoisotopic (exact) mass is 600 g/mol. The Bertz CT molecular complexity index is 2680. The molecule has 0 saturated heterocycles. The van der Waals surface area contributed by atoms with Crippen molar-refractivity contribution < 1.29 is 0 Å². The van der Waals surface area contributed by atoms with Crippen LogP contribution in [0.4, 0.5) is 0 Å². The van der Waals surface area contributed by atoms with Gasteiger partial charge < -0.3 is 9.13 Å². The van der Waals surface area contributed by atoms with Crippen molar-refractivity contribution in [1.29, 1.82) is 0 Å². The van der Waals surface area contributed by atoms with Crippen LogP contribution in [0.1, 0.15) is 25.0 Å². The van der Waals surface area contributed by atoms with Crippen LogP contribution in [0.5, 0.6) is 0 Å². The van der Waals surface area contributed by atoms with Crippen molar-refractivity contribution in [2.24, 2.45) is 0 Å². The zero-order valence-electron chi connectivity index (χ0n) is 26.4. The molecule has 0 saturated carbocycles. The van der Waals surface area contributed by atoms with E-state index in [1.165, 1.54) is 82.7 Å². The van der Waals surface area contributed by atoms with Gasteiger partial charge in [-0.1, -0.05) is 129 Å². The van der Waals surface area contributed by atoms with Crippen LogP contribution in [0.25, 0.3) is 77.2 Å². The third-order valence-electron chi connectivity index (χ3n) is 10.5. The Labute approximate surface area is 273 Å². The maximum absolute atomic E-state index is 2.51. The van der Waals surface area contributed by atoms with E-state index in [-0.39, 0.29) is 5.41 Å². The lowest BCUT2D eigenvalue weighted by atomic mass is 9.82. The zero-order valence-corrected chi connectivity index (χ0v) is 26.4. The Hall–Kier alpha value is -5.86. The van der Waals surface area contributed by atoms with Crippen LogP contribution in [0.3, 0.4) is 0 Å². The van der Waals surface area contributed by atoms with Gasteiger partial charge in [-0.3, -0.25) is 0 Å². The largest absolute Gasteiger partial charge is 0.307 e. The fraction of sp³-hybridized carbons (Fsp3) is 0.0667. The Morgan fingerprint density at radius 3 is 1.81 bits per heavy atom. The third kappa shape index (κ3) is 3.61. The smallest absolute Gasteiger partial charge is 0.0782 e. The molecule has 0 spiro atoms. The van der Waals surface area contributed by atoms with Gasteiger partial charge in [-0.25, -0.2) is 0 Å². The highest BCUT2D eigenvalue weighted by molar-refractivity contribution is 6.16. The molecule has 1 aliphatic carbocycles. The van der Waals surface area contributed by atoms with Gasteiger partial charge in [-0.15, -0.1) is 0 Å². The summed E-state index contributed by atoms with van der Waals surface area (Å²) in [5.41, 5.74) is 15.1. The second-order valence-corrected chi connectivity index (χ2v) is 13.4. The lowest BCUT2D eigenvalue weighted by molar-refractivity contribution is 0.661. The summed E-state index contributed by atoms with van der Waals surface area (Å²) in [7, 11) is 0. The van der Waals surface area contributed by atoms with Gasteiger partial charge >= 0.3 is 0 Å². The van der Waals surface area contributed by atoms with E-state index in [4.69, 9.17) is 0 Å². The van der Waals surface area contributed by atoms with E-state index in [1.54, 1.807) is 0 Å². The first kappa shape index (κ1) is 26.4. The predicted molar refractivity (Wildman–Crippen MR) is 198 cm³/mol. The van der Waals surface area contributed by atoms with Crippen molar-refractivity contribution in [1.82, 2.24) is 9.13 Å². The van der Waals surface area contributed by atoms with E-state index < -0.39 is 0 Å². The molecule has 0 bridgehead atoms. The molecule has 2 nitrogen and oxygen atoms in total. The molecular formula is C45H32N2. The molecule has 2 aromatic heterocycles. The van der Waals surface area contributed by atoms with E-state index >= 15 is 0 Å². The van der Waals surface area contributed by atoms with Crippen molar-refractivity contribution in [3.63, 3.8) is 0 Å². The number of aromatic nitrogens is 2. The van der Waals surface area contributed by atoms with Crippen molar-refractivity contribution >= 4 is 43.6 Å². The molecule has 0 radical (unpaired) electrons. The molecule has 0 unspecified atom stereocenters. The molecule has 10 rings (SSSR count). The normalized spacial score (nSPS) is 13.5. The fourth-order valence-corrected chi connectivity index (χ4v) is 8.31. The number of nitrogens with zero attached hydrogens (tertiary/aromatic N) is 2. The fourth-order valence-electron chi connectivity index (χ4n) is 8.31. The Balaban J connectivity index is 1.30. The number of hydrogen-bond donors (Lipinski definition) is 0. The Morgan fingerprint density at radius 2 is 1.02 bits per heavy atom. The zero-order chi connectivity index (χ0) is 31.3. The molecule has 0 fully saturated rings. The van der Waals surface area contributed by atoms with Crippen LogP contribution in [-0.2, 0) is 5.41 Å². The average molecular weight is 601 g/mol. The molecule has 2 heterocycles. The van der Waals surface area contributed by atoms with Crippen LogP contribution in [0.2, 0.25) is 0 Å². The highest BCUT2D eigenvalue weighted by Gasteiger charge is 2.36. The third-order valence-corrected chi connectivity index (χ3v) is 10.5. The van der Waals surface area contributed by atoms with Crippen molar-refractivity contribution in [3.05, 3.63) is 169 Å². The maximum atomic E-state index is 2.51. The minimum atomic E-state index is -0.0805. The quantitative estimate of drug-likeness (QED) is 0.191. The average Bonchev–Trinajstić information content (AvgIpc) is 3.71. The van der Waals surface area contributed by atoms with Gasteiger partial charge in [-0.2, -0.15) is 0 Å². The minimum Gasteiger partial charge on any atom is -0.307 e. The lowest BCUT2D eigenvalue weighted by Gasteiger charge is -2.22. The van der Waals surface area contributed by atoms with Gasteiger partial charge in [0.15, 0.2) is 0 Å². The Morgan fingerprint density at radius 1 is 0.404 bits per heavy atom. The van der Waals surface area contributed by atoms with Crippen LogP contribution < -0.4 is 0 Å². The van der Waals surface area contributed by atoms with Crippen molar-refractivity contribution in [3.8, 4) is 33.6 Å². The lowest BCUT2D eigenvalue weighted by Crippen LogP contribution is -2.15. The van der Waals surface area contributed by atoms with Crippen LogP contribution in [0.15, 0.2) is 158 Å². The summed E-state index contributed by atoms with van der Waals surface area (Å²) in [6, 6.07) is 58.0. The molecule has 7 aromatic carbocycles. The maximum Gasteiger partial charge on any atom is 0.0782 e. The molecular weight excluding hydrogens is 569 g/mol. The van der Waals surface area contributed by atoms with Gasteiger partial charge in [0.1, 0.15) is 0 Å². The van der Waals surface area contributed by atoms with Gasteiger partial charge in [0.2, 0.25) is 0 Å². The molecule has 1 aliphatic rings. The van der Waals surface area contributed by atoms with Gasteiger partial charge in [-0.05, 0) is 75.8 Å². The van der Waals surface area contributed by atoms with Crippen LogP contribution >= 0.6 is 0 Å². The van der Waals surface area contributed by atoms with E-state index in [0.29, 0.717) is 0 Å². The molecule has 9 aromatic rings. The molecule has 0 amide bonds. The molecule has 2 heteroatoms. The van der Waals surface area contributed by atoms with Crippen LogP contribution in [0, 0.1) is 0 Å². The predicted octanol–water partition coefficient (Wildman–Crippen LogP) is 11.9. The SMILES string of the molecule is CC1(C)c2ccccc2-c2cc3c4ccccc4n(-c4cccc5c6ccccc6n(-c6ccc(-c7ccccc7)cc6)c45)c3cc21. The van der Waals surface area contributed by atoms with E-state index in [0.717, 1.165) is 5.69 Å². The highest BCUT2D eigenvalue weighted by Crippen LogP contribution is 2.51. The second-order valence-electron chi connectivity index (χ2n) is 13.4. The summed E-state index contributed by atoms with van der Waals surface area (Å²) in [4.78, 5) is 0. The van der Waals surface area contributed by atoms with E-state index in [2.05, 4.69) is 181 Å². The molecule has 47 heavy (non-hydrogen) atoms. The summed E-state index contributed by atoms with van der Waals surface area (Å²) >= 11 is 0. The topological polar surface area (TPSA) is 9.86 Å². The van der Waals surface area contributed by atoms with Crippen LogP contribution in [-0.4, -0.2) is 9.13 Å². The van der Waals surface area contributed by atoms with Gasteiger partial charge in [0.25, 0.3) is 0 Å². The van der Waals surface area contributed by atoms with Crippen molar-refractivity contribution in [2.75, 3.05) is 0 Å². The first-order chi connectivity index (χ1) is 23.1. The molecule has 222 valence electrons. The number of para-hydroxylation sites is 3. The molecule has 0 aliphatic heterocycles. The summed E-state index contributed by atoms with van der Waals surface area (Å²) in [6.45, 7) is 4.74. The van der Waals surface area contributed by atoms with E-state index in [1.807, 2.05) is 0 Å². The van der Waals surface area contributed by atoms with Gasteiger partial charge in [0, 0.05) is 32.6 Å². The molecule has 0 atom stereocenters. The minimum absolute atomic E-state index is 0.0805. The first-order valence-corrected chi connectivity index (χ1v) is 16.5.